The van der Waals surface area contributed by atoms with Gasteiger partial charge >= 0.3 is 0 Å². The molecule has 0 saturated carbocycles. The van der Waals surface area contributed by atoms with Gasteiger partial charge in [0, 0.05) is 17.7 Å². The molecular weight excluding hydrogens is 296 g/mol. The maximum absolute atomic E-state index is 12.3. The van der Waals surface area contributed by atoms with Crippen molar-refractivity contribution in [3.05, 3.63) is 70.3 Å². The Hall–Kier alpha value is -2.29. The minimum Gasteiger partial charge on any atom is -0.258 e. The zero-order valence-corrected chi connectivity index (χ0v) is 11.4. The molecule has 2 aromatic rings. The highest BCUT2D eigenvalue weighted by atomic mass is 32.2. The van der Waals surface area contributed by atoms with Crippen molar-refractivity contribution in [1.82, 2.24) is 4.47 Å². The van der Waals surface area contributed by atoms with Gasteiger partial charge in [-0.25, -0.2) is 8.42 Å². The van der Waals surface area contributed by atoms with E-state index in [1.807, 2.05) is 0 Å². The predicted octanol–water partition coefficient (Wildman–Crippen LogP) is 2.23. The molecule has 8 heteroatoms. The Labute approximate surface area is 120 Å². The Bertz CT molecular complexity index is 791. The maximum Gasteiger partial charge on any atom is 0.269 e. The number of non-ortho nitro benzene ring substituents is 1. The molecule has 21 heavy (non-hydrogen) atoms. The molecule has 1 aliphatic rings. The fourth-order valence-corrected chi connectivity index (χ4v) is 3.20. The molecule has 0 bridgehead atoms. The summed E-state index contributed by atoms with van der Waals surface area (Å²) in [6.07, 6.45) is -0.824. The average Bonchev–Trinajstić information content (AvgIpc) is 3.29. The van der Waals surface area contributed by atoms with Crippen LogP contribution in [0.25, 0.3) is 0 Å². The van der Waals surface area contributed by atoms with Gasteiger partial charge < -0.3 is 0 Å². The van der Waals surface area contributed by atoms with Crippen molar-refractivity contribution >= 4 is 15.7 Å². The van der Waals surface area contributed by atoms with Gasteiger partial charge in [-0.15, -0.1) is 0 Å². The van der Waals surface area contributed by atoms with E-state index in [9.17, 15) is 18.5 Å². The summed E-state index contributed by atoms with van der Waals surface area (Å²) in [4.78, 5) is 15.4. The van der Waals surface area contributed by atoms with Crippen molar-refractivity contribution in [2.24, 2.45) is 0 Å². The van der Waals surface area contributed by atoms with Gasteiger partial charge in [0.15, 0.2) is 6.23 Å². The van der Waals surface area contributed by atoms with Crippen molar-refractivity contribution in [2.45, 2.75) is 11.1 Å². The first-order valence-electron chi connectivity index (χ1n) is 6.01. The molecule has 108 valence electrons. The van der Waals surface area contributed by atoms with Crippen LogP contribution in [0.5, 0.6) is 0 Å². The maximum atomic E-state index is 12.3. The van der Waals surface area contributed by atoms with E-state index in [0.717, 1.165) is 4.47 Å². The largest absolute Gasteiger partial charge is 0.269 e. The van der Waals surface area contributed by atoms with E-state index in [1.54, 1.807) is 24.3 Å². The normalized spacial score (nSPS) is 21.0. The summed E-state index contributed by atoms with van der Waals surface area (Å²) in [5.41, 5.74) is 0.309. The quantitative estimate of drug-likeness (QED) is 0.490. The number of hydrogen-bond acceptors (Lipinski definition) is 5. The van der Waals surface area contributed by atoms with E-state index in [4.69, 9.17) is 4.84 Å². The fourth-order valence-electron chi connectivity index (χ4n) is 1.92. The van der Waals surface area contributed by atoms with E-state index in [1.165, 1.54) is 30.3 Å². The number of sulfonamides is 1. The number of hydrogen-bond donors (Lipinski definition) is 0. The van der Waals surface area contributed by atoms with Crippen LogP contribution in [0.1, 0.15) is 11.8 Å². The molecule has 1 fully saturated rings. The first-order valence-corrected chi connectivity index (χ1v) is 7.45. The van der Waals surface area contributed by atoms with Crippen LogP contribution in [0.2, 0.25) is 0 Å². The van der Waals surface area contributed by atoms with Crippen molar-refractivity contribution < 1.29 is 18.2 Å². The molecular formula is C13H10N2O5S. The summed E-state index contributed by atoms with van der Waals surface area (Å²) in [5, 5.41) is 10.7. The Balaban J connectivity index is 1.87. The summed E-state index contributed by atoms with van der Waals surface area (Å²) in [5.74, 6) is 0. The monoisotopic (exact) mass is 306 g/mol. The summed E-state index contributed by atoms with van der Waals surface area (Å²) in [7, 11) is -3.75. The molecule has 2 atom stereocenters. The molecule has 0 N–H and O–H groups in total. The minimum atomic E-state index is -3.75. The highest BCUT2D eigenvalue weighted by Crippen LogP contribution is 2.42. The number of hydroxylamine groups is 1. The minimum absolute atomic E-state index is 0.109. The van der Waals surface area contributed by atoms with Crippen LogP contribution < -0.4 is 0 Å². The van der Waals surface area contributed by atoms with Gasteiger partial charge in [-0.3, -0.25) is 15.0 Å². The molecule has 3 rings (SSSR count). The van der Waals surface area contributed by atoms with Gasteiger partial charge in [-0.2, -0.15) is 0 Å². The number of nitro groups is 1. The second-order valence-electron chi connectivity index (χ2n) is 4.38. The standard InChI is InChI=1S/C13H10N2O5S/c16-14(17)11-6-4-5-10(9-11)13-15(20-13)21(18,19)12-7-2-1-3-8-12/h1-9,13H. The fraction of sp³-hybridized carbons (Fsp3) is 0.0769. The van der Waals surface area contributed by atoms with Crippen molar-refractivity contribution in [2.75, 3.05) is 0 Å². The molecule has 2 aromatic carbocycles. The molecule has 1 heterocycles. The summed E-state index contributed by atoms with van der Waals surface area (Å²) in [6, 6.07) is 13.6. The first kappa shape index (κ1) is 13.7. The summed E-state index contributed by atoms with van der Waals surface area (Å²) >= 11 is 0. The predicted molar refractivity (Wildman–Crippen MR) is 72.4 cm³/mol. The van der Waals surface area contributed by atoms with Crippen LogP contribution in [0.4, 0.5) is 5.69 Å². The number of nitrogens with zero attached hydrogens (tertiary/aromatic N) is 2. The highest BCUT2D eigenvalue weighted by molar-refractivity contribution is 7.89. The van der Waals surface area contributed by atoms with Crippen LogP contribution in [0.15, 0.2) is 59.5 Å². The van der Waals surface area contributed by atoms with Crippen LogP contribution in [-0.4, -0.2) is 17.8 Å². The molecule has 2 unspecified atom stereocenters. The van der Waals surface area contributed by atoms with Gasteiger partial charge in [0.2, 0.25) is 0 Å². The van der Waals surface area contributed by atoms with Crippen molar-refractivity contribution in [3.63, 3.8) is 0 Å². The van der Waals surface area contributed by atoms with Gasteiger partial charge in [0.05, 0.1) is 9.82 Å². The SMILES string of the molecule is O=[N+]([O-])c1cccc(C2ON2S(=O)(=O)c2ccccc2)c1. The third kappa shape index (κ3) is 2.51. The molecule has 0 aromatic heterocycles. The molecule has 1 aliphatic heterocycles. The lowest BCUT2D eigenvalue weighted by Gasteiger charge is -2.01. The summed E-state index contributed by atoms with van der Waals surface area (Å²) in [6.45, 7) is 0. The van der Waals surface area contributed by atoms with Crippen LogP contribution in [-0.2, 0) is 14.9 Å². The highest BCUT2D eigenvalue weighted by Gasteiger charge is 2.49. The Kier molecular flexibility index (Phi) is 3.20. The third-order valence-electron chi connectivity index (χ3n) is 2.99. The third-order valence-corrected chi connectivity index (χ3v) is 4.61. The first-order chi connectivity index (χ1) is 10.00. The topological polar surface area (TPSA) is 92.8 Å². The van der Waals surface area contributed by atoms with E-state index in [0.29, 0.717) is 5.56 Å². The zero-order chi connectivity index (χ0) is 15.0. The van der Waals surface area contributed by atoms with Crippen LogP contribution >= 0.6 is 0 Å². The molecule has 7 nitrogen and oxygen atoms in total. The summed E-state index contributed by atoms with van der Waals surface area (Å²) < 4.78 is 25.4. The lowest BCUT2D eigenvalue weighted by molar-refractivity contribution is -0.384. The van der Waals surface area contributed by atoms with Gasteiger partial charge in [0.25, 0.3) is 15.7 Å². The van der Waals surface area contributed by atoms with Crippen LogP contribution in [0, 0.1) is 10.1 Å². The molecule has 1 saturated heterocycles. The number of benzene rings is 2. The van der Waals surface area contributed by atoms with Gasteiger partial charge in [-0.1, -0.05) is 30.3 Å². The smallest absolute Gasteiger partial charge is 0.258 e. The average molecular weight is 306 g/mol. The van der Waals surface area contributed by atoms with E-state index >= 15 is 0 Å². The van der Waals surface area contributed by atoms with Crippen molar-refractivity contribution in [1.29, 1.82) is 0 Å². The van der Waals surface area contributed by atoms with Gasteiger partial charge in [-0.05, 0) is 16.6 Å². The van der Waals surface area contributed by atoms with Crippen LogP contribution in [0.3, 0.4) is 0 Å². The van der Waals surface area contributed by atoms with E-state index in [2.05, 4.69) is 0 Å². The zero-order valence-electron chi connectivity index (χ0n) is 10.6. The number of rotatable bonds is 4. The van der Waals surface area contributed by atoms with E-state index < -0.39 is 21.2 Å². The Morgan fingerprint density at radius 2 is 1.81 bits per heavy atom. The molecule has 0 aliphatic carbocycles. The second-order valence-corrected chi connectivity index (χ2v) is 6.16. The molecule has 0 amide bonds. The molecule has 0 radical (unpaired) electrons. The lowest BCUT2D eigenvalue weighted by atomic mass is 10.2. The van der Waals surface area contributed by atoms with Crippen molar-refractivity contribution in [3.8, 4) is 0 Å². The number of nitro benzene ring substituents is 1. The van der Waals surface area contributed by atoms with E-state index in [-0.39, 0.29) is 10.6 Å². The Morgan fingerprint density at radius 1 is 1.10 bits per heavy atom. The second kappa shape index (κ2) is 4.92. The molecule has 0 spiro atoms. The lowest BCUT2D eigenvalue weighted by Crippen LogP contribution is -2.12. The van der Waals surface area contributed by atoms with Gasteiger partial charge in [0.1, 0.15) is 0 Å². The Morgan fingerprint density at radius 3 is 2.48 bits per heavy atom.